The summed E-state index contributed by atoms with van der Waals surface area (Å²) in [5.74, 6) is 0.726. The van der Waals surface area contributed by atoms with E-state index >= 15 is 0 Å². The van der Waals surface area contributed by atoms with E-state index in [0.717, 1.165) is 48.6 Å². The molecule has 4 heterocycles. The van der Waals surface area contributed by atoms with Gasteiger partial charge in [0.1, 0.15) is 27.3 Å². The Morgan fingerprint density at radius 1 is 1.14 bits per heavy atom. The molecule has 0 fully saturated rings. The molecule has 146 valence electrons. The van der Waals surface area contributed by atoms with Gasteiger partial charge in [-0.15, -0.1) is 11.3 Å². The van der Waals surface area contributed by atoms with Crippen LogP contribution in [0.4, 0.5) is 11.5 Å². The first-order chi connectivity index (χ1) is 14.1. The molecule has 0 radical (unpaired) electrons. The van der Waals surface area contributed by atoms with Crippen LogP contribution in [0.1, 0.15) is 22.0 Å². The number of para-hydroxylation sites is 1. The highest BCUT2D eigenvalue weighted by Crippen LogP contribution is 2.33. The first-order valence-electron chi connectivity index (χ1n) is 9.14. The van der Waals surface area contributed by atoms with Crippen LogP contribution in [0.5, 0.6) is 0 Å². The molecule has 1 aliphatic rings. The second-order valence-corrected chi connectivity index (χ2v) is 9.73. The quantitative estimate of drug-likeness (QED) is 0.537. The molecule has 1 N–H and O–H groups in total. The maximum atomic E-state index is 13.1. The number of rotatable bonds is 4. The van der Waals surface area contributed by atoms with Gasteiger partial charge in [0, 0.05) is 17.5 Å². The predicted octanol–water partition coefficient (Wildman–Crippen LogP) is 3.88. The van der Waals surface area contributed by atoms with Crippen molar-refractivity contribution < 1.29 is 4.21 Å². The molecule has 1 atom stereocenters. The van der Waals surface area contributed by atoms with E-state index in [1.54, 1.807) is 12.5 Å². The van der Waals surface area contributed by atoms with E-state index < -0.39 is 11.0 Å². The zero-order valence-corrected chi connectivity index (χ0v) is 17.5. The Balaban J connectivity index is 1.42. The van der Waals surface area contributed by atoms with Crippen molar-refractivity contribution in [2.45, 2.75) is 31.1 Å². The van der Waals surface area contributed by atoms with Crippen LogP contribution in [0.25, 0.3) is 10.9 Å². The molecule has 0 amide bonds. The van der Waals surface area contributed by atoms with Gasteiger partial charge >= 0.3 is 0 Å². The topological polar surface area (TPSA) is 83.9 Å². The third-order valence-corrected chi connectivity index (χ3v) is 7.69. The summed E-state index contributed by atoms with van der Waals surface area (Å²) in [7, 11) is -1.27. The molecule has 5 rings (SSSR count). The van der Waals surface area contributed by atoms with Crippen molar-refractivity contribution in [2.75, 3.05) is 5.32 Å². The van der Waals surface area contributed by atoms with Crippen molar-refractivity contribution in [2.24, 2.45) is 0 Å². The monoisotopic (exact) mass is 422 g/mol. The second kappa shape index (κ2) is 7.25. The van der Waals surface area contributed by atoms with Crippen LogP contribution in [0.2, 0.25) is 0 Å². The molecule has 0 saturated carbocycles. The fraction of sp³-hybridized carbons (Fsp3) is 0.200. The summed E-state index contributed by atoms with van der Waals surface area (Å²) in [6.07, 6.45) is 3.34. The van der Waals surface area contributed by atoms with Crippen molar-refractivity contribution in [1.82, 2.24) is 24.2 Å². The lowest BCUT2D eigenvalue weighted by Crippen LogP contribution is -2.19. The Morgan fingerprint density at radius 2 is 2.00 bits per heavy atom. The minimum absolute atomic E-state index is 0.516. The third-order valence-electron chi connectivity index (χ3n) is 4.80. The molecule has 0 saturated heterocycles. The minimum Gasteiger partial charge on any atom is -0.339 e. The molecule has 0 bridgehead atoms. The molecule has 29 heavy (non-hydrogen) atoms. The summed E-state index contributed by atoms with van der Waals surface area (Å²) in [5.41, 5.74) is 4.49. The van der Waals surface area contributed by atoms with Gasteiger partial charge in [-0.05, 0) is 26.0 Å². The van der Waals surface area contributed by atoms with Crippen LogP contribution >= 0.6 is 11.3 Å². The number of fused-ring (bicyclic) bond motifs is 2. The highest BCUT2D eigenvalue weighted by Gasteiger charge is 2.30. The largest absolute Gasteiger partial charge is 0.339 e. The SMILES string of the molecule is Cc1nc(C)c(S(=O)N2Cc3ncnc(Nc4cnc5ccccc5c4)c3C2)s1. The zero-order valence-electron chi connectivity index (χ0n) is 15.9. The normalized spacial score (nSPS) is 14.8. The maximum absolute atomic E-state index is 13.1. The molecule has 3 aromatic heterocycles. The number of aromatic nitrogens is 4. The lowest BCUT2D eigenvalue weighted by molar-refractivity contribution is 0.472. The summed E-state index contributed by atoms with van der Waals surface area (Å²) in [6, 6.07) is 10.0. The highest BCUT2D eigenvalue weighted by molar-refractivity contribution is 7.85. The molecule has 1 aliphatic heterocycles. The summed E-state index contributed by atoms with van der Waals surface area (Å²) in [4.78, 5) is 17.7. The number of thiazole rings is 1. The third kappa shape index (κ3) is 3.41. The number of hydrogen-bond donors (Lipinski definition) is 1. The Morgan fingerprint density at radius 3 is 2.83 bits per heavy atom. The van der Waals surface area contributed by atoms with Crippen LogP contribution in [-0.4, -0.2) is 28.5 Å². The lowest BCUT2D eigenvalue weighted by atomic mass is 10.2. The number of nitrogens with zero attached hydrogens (tertiary/aromatic N) is 5. The number of nitrogens with one attached hydrogen (secondary N) is 1. The molecule has 4 aromatic rings. The van der Waals surface area contributed by atoms with Gasteiger partial charge < -0.3 is 5.32 Å². The maximum Gasteiger partial charge on any atom is 0.140 e. The van der Waals surface area contributed by atoms with Crippen LogP contribution in [0, 0.1) is 13.8 Å². The Labute approximate surface area is 174 Å². The van der Waals surface area contributed by atoms with Crippen molar-refractivity contribution in [3.8, 4) is 0 Å². The van der Waals surface area contributed by atoms with Gasteiger partial charge in [-0.25, -0.2) is 23.5 Å². The fourth-order valence-corrected chi connectivity index (χ4v) is 6.07. The van der Waals surface area contributed by atoms with E-state index in [1.807, 2.05) is 48.5 Å². The highest BCUT2D eigenvalue weighted by atomic mass is 32.2. The van der Waals surface area contributed by atoms with Crippen molar-refractivity contribution in [3.05, 3.63) is 64.8 Å². The van der Waals surface area contributed by atoms with Crippen molar-refractivity contribution >= 4 is 44.7 Å². The number of aryl methyl sites for hydroxylation is 2. The molecule has 0 spiro atoms. The van der Waals surface area contributed by atoms with Gasteiger partial charge in [0.15, 0.2) is 0 Å². The first-order valence-corrected chi connectivity index (χ1v) is 11.1. The molecular formula is C20H18N6OS2. The van der Waals surface area contributed by atoms with E-state index in [2.05, 4.69) is 25.3 Å². The van der Waals surface area contributed by atoms with Crippen LogP contribution in [0.15, 0.2) is 47.1 Å². The van der Waals surface area contributed by atoms with Gasteiger partial charge in [0.05, 0.1) is 40.3 Å². The number of benzene rings is 1. The summed E-state index contributed by atoms with van der Waals surface area (Å²) in [5, 5.41) is 5.34. The zero-order chi connectivity index (χ0) is 20.0. The number of hydrogen-bond acceptors (Lipinski definition) is 7. The van der Waals surface area contributed by atoms with Crippen molar-refractivity contribution in [1.29, 1.82) is 0 Å². The molecule has 0 aliphatic carbocycles. The summed E-state index contributed by atoms with van der Waals surface area (Å²) in [6.45, 7) is 4.87. The second-order valence-electron chi connectivity index (χ2n) is 6.84. The molecular weight excluding hydrogens is 404 g/mol. The molecule has 1 aromatic carbocycles. The van der Waals surface area contributed by atoms with E-state index in [-0.39, 0.29) is 0 Å². The average molecular weight is 423 g/mol. The van der Waals surface area contributed by atoms with Gasteiger partial charge in [-0.1, -0.05) is 18.2 Å². The summed E-state index contributed by atoms with van der Waals surface area (Å²) >= 11 is 1.48. The minimum atomic E-state index is -1.27. The Bertz CT molecular complexity index is 1250. The van der Waals surface area contributed by atoms with Gasteiger partial charge in [0.2, 0.25) is 0 Å². The van der Waals surface area contributed by atoms with E-state index in [0.29, 0.717) is 13.1 Å². The lowest BCUT2D eigenvalue weighted by Gasteiger charge is -2.13. The first kappa shape index (κ1) is 18.3. The molecule has 1 unspecified atom stereocenters. The van der Waals surface area contributed by atoms with E-state index in [9.17, 15) is 4.21 Å². The predicted molar refractivity (Wildman–Crippen MR) is 114 cm³/mol. The van der Waals surface area contributed by atoms with Crippen LogP contribution < -0.4 is 5.32 Å². The van der Waals surface area contributed by atoms with Crippen LogP contribution in [0.3, 0.4) is 0 Å². The van der Waals surface area contributed by atoms with Crippen LogP contribution in [-0.2, 0) is 24.1 Å². The van der Waals surface area contributed by atoms with Gasteiger partial charge in [-0.2, -0.15) is 0 Å². The smallest absolute Gasteiger partial charge is 0.140 e. The molecule has 7 nitrogen and oxygen atoms in total. The van der Waals surface area contributed by atoms with E-state index in [1.165, 1.54) is 11.3 Å². The Hall–Kier alpha value is -2.75. The average Bonchev–Trinajstić information content (AvgIpc) is 3.31. The fourth-order valence-electron chi connectivity index (χ4n) is 3.44. The van der Waals surface area contributed by atoms with Gasteiger partial charge in [0.25, 0.3) is 0 Å². The van der Waals surface area contributed by atoms with Crippen molar-refractivity contribution in [3.63, 3.8) is 0 Å². The number of pyridine rings is 1. The van der Waals surface area contributed by atoms with E-state index in [4.69, 9.17) is 0 Å². The number of anilines is 2. The molecule has 9 heteroatoms. The summed E-state index contributed by atoms with van der Waals surface area (Å²) < 4.78 is 15.8. The van der Waals surface area contributed by atoms with Gasteiger partial charge in [-0.3, -0.25) is 4.98 Å². The Kier molecular flexibility index (Phi) is 4.57. The standard InChI is InChI=1S/C20H18N6OS2/c1-12-20(28-13(2)24-12)29(27)26-9-16-18(10-26)22-11-23-19(16)25-15-7-14-5-3-4-6-17(14)21-8-15/h3-8,11H,9-10H2,1-2H3,(H,22,23,25).